The van der Waals surface area contributed by atoms with Crippen LogP contribution in [0.5, 0.6) is 0 Å². The third-order valence-electron chi connectivity index (χ3n) is 3.90. The number of carbonyl (C=O) groups is 1. The van der Waals surface area contributed by atoms with Gasteiger partial charge in [0.1, 0.15) is 11.1 Å². The number of fused-ring (bicyclic) bond motifs is 1. The fourth-order valence-electron chi connectivity index (χ4n) is 2.07. The Kier molecular flexibility index (Phi) is 6.14. The molecule has 0 bridgehead atoms. The Balaban J connectivity index is 0.00000242. The zero-order valence-electron chi connectivity index (χ0n) is 12.7. The Morgan fingerprint density at radius 2 is 1.91 bits per heavy atom. The lowest BCUT2D eigenvalue weighted by Crippen LogP contribution is -2.49. The number of halogens is 1. The quantitative estimate of drug-likeness (QED) is 0.827. The zero-order valence-corrected chi connectivity index (χ0v) is 13.5. The van der Waals surface area contributed by atoms with E-state index in [1.807, 2.05) is 19.9 Å². The molecule has 1 amide bonds. The Bertz CT molecular complexity index is 708. The monoisotopic (exact) mass is 324 g/mol. The predicted molar refractivity (Wildman–Crippen MR) is 89.6 cm³/mol. The van der Waals surface area contributed by atoms with Crippen LogP contribution in [0.1, 0.15) is 37.0 Å². The molecule has 1 aromatic heterocycles. The highest BCUT2D eigenvalue weighted by molar-refractivity contribution is 5.96. The number of para-hydroxylation sites is 1. The number of nitrogens with two attached hydrogens (primary N) is 1. The van der Waals surface area contributed by atoms with Crippen LogP contribution in [0.15, 0.2) is 39.5 Å². The summed E-state index contributed by atoms with van der Waals surface area (Å²) in [4.78, 5) is 24.0. The third-order valence-corrected chi connectivity index (χ3v) is 3.90. The van der Waals surface area contributed by atoms with Crippen molar-refractivity contribution in [2.75, 3.05) is 6.54 Å². The molecule has 120 valence electrons. The number of rotatable bonds is 5. The zero-order chi connectivity index (χ0) is 15.5. The van der Waals surface area contributed by atoms with Crippen LogP contribution in [0.2, 0.25) is 0 Å². The Labute approximate surface area is 135 Å². The number of amides is 1. The summed E-state index contributed by atoms with van der Waals surface area (Å²) in [6.45, 7) is 4.27. The largest absolute Gasteiger partial charge is 0.422 e. The minimum atomic E-state index is -0.637. The van der Waals surface area contributed by atoms with E-state index < -0.39 is 17.1 Å². The van der Waals surface area contributed by atoms with Gasteiger partial charge >= 0.3 is 5.63 Å². The molecular weight excluding hydrogens is 304 g/mol. The molecule has 0 aliphatic rings. The molecule has 0 saturated heterocycles. The number of carbonyl (C=O) groups excluding carboxylic acids is 1. The van der Waals surface area contributed by atoms with Gasteiger partial charge in [0.2, 0.25) is 0 Å². The molecule has 1 aromatic carbocycles. The standard InChI is InChI=1S/C16H20N2O3.ClH/c1-3-16(17,4-2)10-18-14(19)12-9-11-7-5-6-8-13(11)21-15(12)20;/h5-9H,3-4,10,17H2,1-2H3,(H,18,19);1H. The van der Waals surface area contributed by atoms with Gasteiger partial charge in [0.15, 0.2) is 0 Å². The van der Waals surface area contributed by atoms with Gasteiger partial charge in [-0.3, -0.25) is 4.79 Å². The fourth-order valence-corrected chi connectivity index (χ4v) is 2.07. The summed E-state index contributed by atoms with van der Waals surface area (Å²) < 4.78 is 5.15. The molecule has 0 atom stereocenters. The van der Waals surface area contributed by atoms with Crippen LogP contribution in [-0.2, 0) is 0 Å². The summed E-state index contributed by atoms with van der Waals surface area (Å²) in [7, 11) is 0. The summed E-state index contributed by atoms with van der Waals surface area (Å²) in [5, 5.41) is 3.44. The predicted octanol–water partition coefficient (Wildman–Crippen LogP) is 2.46. The average molecular weight is 325 g/mol. The van der Waals surface area contributed by atoms with Gasteiger partial charge in [-0.25, -0.2) is 4.79 Å². The number of hydrogen-bond donors (Lipinski definition) is 2. The van der Waals surface area contributed by atoms with Crippen LogP contribution in [0, 0.1) is 0 Å². The lowest BCUT2D eigenvalue weighted by atomic mass is 9.94. The molecule has 6 heteroatoms. The molecule has 2 aromatic rings. The smallest absolute Gasteiger partial charge is 0.349 e. The van der Waals surface area contributed by atoms with Gasteiger partial charge in [0.25, 0.3) is 5.91 Å². The van der Waals surface area contributed by atoms with E-state index in [2.05, 4.69) is 5.32 Å². The van der Waals surface area contributed by atoms with Crippen LogP contribution in [-0.4, -0.2) is 18.0 Å². The average Bonchev–Trinajstić information content (AvgIpc) is 2.51. The van der Waals surface area contributed by atoms with Crippen molar-refractivity contribution in [3.8, 4) is 0 Å². The molecule has 0 fully saturated rings. The highest BCUT2D eigenvalue weighted by atomic mass is 35.5. The van der Waals surface area contributed by atoms with Crippen LogP contribution in [0.3, 0.4) is 0 Å². The van der Waals surface area contributed by atoms with Crippen LogP contribution in [0.25, 0.3) is 11.0 Å². The van der Waals surface area contributed by atoms with Gasteiger partial charge in [0.05, 0.1) is 0 Å². The minimum absolute atomic E-state index is 0. The Morgan fingerprint density at radius 1 is 1.27 bits per heavy atom. The van der Waals surface area contributed by atoms with Gasteiger partial charge in [-0.1, -0.05) is 32.0 Å². The summed E-state index contributed by atoms with van der Waals surface area (Å²) in [5.41, 5.74) is 5.52. The van der Waals surface area contributed by atoms with Crippen molar-refractivity contribution in [1.82, 2.24) is 5.32 Å². The van der Waals surface area contributed by atoms with Crippen molar-refractivity contribution in [2.45, 2.75) is 32.2 Å². The molecule has 0 aliphatic carbocycles. The molecule has 0 spiro atoms. The van der Waals surface area contributed by atoms with Gasteiger partial charge in [0, 0.05) is 17.5 Å². The molecule has 0 saturated carbocycles. The van der Waals surface area contributed by atoms with Crippen molar-refractivity contribution in [3.05, 3.63) is 46.3 Å². The molecule has 22 heavy (non-hydrogen) atoms. The molecule has 3 N–H and O–H groups in total. The van der Waals surface area contributed by atoms with E-state index >= 15 is 0 Å². The van der Waals surface area contributed by atoms with Crippen molar-refractivity contribution in [1.29, 1.82) is 0 Å². The lowest BCUT2D eigenvalue weighted by molar-refractivity contribution is 0.0938. The fraction of sp³-hybridized carbons (Fsp3) is 0.375. The van der Waals surface area contributed by atoms with Gasteiger partial charge in [-0.15, -0.1) is 12.4 Å². The minimum Gasteiger partial charge on any atom is -0.422 e. The summed E-state index contributed by atoms with van der Waals surface area (Å²) >= 11 is 0. The van der Waals surface area contributed by atoms with Gasteiger partial charge in [-0.05, 0) is 25.0 Å². The van der Waals surface area contributed by atoms with Crippen LogP contribution >= 0.6 is 12.4 Å². The number of nitrogens with one attached hydrogen (secondary N) is 1. The van der Waals surface area contributed by atoms with Crippen LogP contribution < -0.4 is 16.7 Å². The second kappa shape index (κ2) is 7.42. The van der Waals surface area contributed by atoms with E-state index in [1.54, 1.807) is 24.3 Å². The first kappa shape index (κ1) is 18.2. The molecule has 1 heterocycles. The first-order valence-electron chi connectivity index (χ1n) is 7.09. The van der Waals surface area contributed by atoms with E-state index in [9.17, 15) is 9.59 Å². The lowest BCUT2D eigenvalue weighted by Gasteiger charge is -2.26. The summed E-state index contributed by atoms with van der Waals surface area (Å²) in [5.74, 6) is -0.453. The van der Waals surface area contributed by atoms with Gasteiger partial charge < -0.3 is 15.5 Å². The topological polar surface area (TPSA) is 85.3 Å². The van der Waals surface area contributed by atoms with Crippen molar-refractivity contribution in [3.63, 3.8) is 0 Å². The Hall–Kier alpha value is -1.85. The molecule has 0 aliphatic heterocycles. The third kappa shape index (κ3) is 3.87. The van der Waals surface area contributed by atoms with Crippen molar-refractivity contribution >= 4 is 29.3 Å². The first-order chi connectivity index (χ1) is 9.99. The molecular formula is C16H21ClN2O3. The van der Waals surface area contributed by atoms with E-state index in [-0.39, 0.29) is 18.0 Å². The second-order valence-electron chi connectivity index (χ2n) is 5.24. The SMILES string of the molecule is CCC(N)(CC)CNC(=O)c1cc2ccccc2oc1=O.Cl. The molecule has 2 rings (SSSR count). The maximum absolute atomic E-state index is 12.2. The number of hydrogen-bond acceptors (Lipinski definition) is 4. The van der Waals surface area contributed by atoms with E-state index in [0.717, 1.165) is 12.8 Å². The summed E-state index contributed by atoms with van der Waals surface area (Å²) in [6.07, 6.45) is 1.49. The maximum Gasteiger partial charge on any atom is 0.349 e. The number of benzene rings is 1. The van der Waals surface area contributed by atoms with Crippen LogP contribution in [0.4, 0.5) is 0 Å². The highest BCUT2D eigenvalue weighted by Gasteiger charge is 2.22. The maximum atomic E-state index is 12.2. The van der Waals surface area contributed by atoms with E-state index in [1.165, 1.54) is 0 Å². The molecule has 0 radical (unpaired) electrons. The highest BCUT2D eigenvalue weighted by Crippen LogP contribution is 2.13. The van der Waals surface area contributed by atoms with Gasteiger partial charge in [-0.2, -0.15) is 0 Å². The molecule has 0 unspecified atom stereocenters. The van der Waals surface area contributed by atoms with Crippen molar-refractivity contribution in [2.24, 2.45) is 5.73 Å². The molecule has 5 nitrogen and oxygen atoms in total. The van der Waals surface area contributed by atoms with E-state index in [0.29, 0.717) is 17.5 Å². The van der Waals surface area contributed by atoms with Crippen molar-refractivity contribution < 1.29 is 9.21 Å². The normalized spacial score (nSPS) is 11.0. The Morgan fingerprint density at radius 3 is 2.55 bits per heavy atom. The second-order valence-corrected chi connectivity index (χ2v) is 5.24. The first-order valence-corrected chi connectivity index (χ1v) is 7.09. The van der Waals surface area contributed by atoms with E-state index in [4.69, 9.17) is 10.2 Å². The summed E-state index contributed by atoms with van der Waals surface area (Å²) in [6, 6.07) is 8.63.